The topological polar surface area (TPSA) is 45.2 Å². The van der Waals surface area contributed by atoms with E-state index in [-0.39, 0.29) is 17.3 Å². The SMILES string of the molecule is CCN(Cc1ccccc1)C(=O)c1cncc(Nc2ccc(F)c(F)c2F)c1. The normalized spacial score (nSPS) is 10.6. The van der Waals surface area contributed by atoms with Gasteiger partial charge in [0.2, 0.25) is 0 Å². The number of benzene rings is 2. The number of halogens is 3. The van der Waals surface area contributed by atoms with Crippen LogP contribution in [-0.4, -0.2) is 22.3 Å². The molecule has 1 heterocycles. The maximum absolute atomic E-state index is 13.9. The van der Waals surface area contributed by atoms with Crippen molar-refractivity contribution in [1.29, 1.82) is 0 Å². The van der Waals surface area contributed by atoms with Crippen molar-refractivity contribution in [3.05, 3.63) is 89.5 Å². The van der Waals surface area contributed by atoms with Crippen LogP contribution in [0.2, 0.25) is 0 Å². The Labute approximate surface area is 160 Å². The molecule has 3 rings (SSSR count). The summed E-state index contributed by atoms with van der Waals surface area (Å²) in [6.45, 7) is 2.79. The van der Waals surface area contributed by atoms with Crippen LogP contribution in [0, 0.1) is 17.5 Å². The second-order valence-electron chi connectivity index (χ2n) is 6.12. The number of hydrogen-bond donors (Lipinski definition) is 1. The van der Waals surface area contributed by atoms with Crippen molar-refractivity contribution in [3.8, 4) is 0 Å². The number of carbonyl (C=O) groups excluding carboxylic acids is 1. The molecule has 0 atom stereocenters. The Morgan fingerprint density at radius 2 is 1.79 bits per heavy atom. The van der Waals surface area contributed by atoms with Crippen LogP contribution in [0.3, 0.4) is 0 Å². The van der Waals surface area contributed by atoms with Crippen molar-refractivity contribution in [1.82, 2.24) is 9.88 Å². The number of nitrogens with one attached hydrogen (secondary N) is 1. The quantitative estimate of drug-likeness (QED) is 0.614. The summed E-state index contributed by atoms with van der Waals surface area (Å²) in [5.74, 6) is -4.42. The molecular weight excluding hydrogens is 367 g/mol. The number of amides is 1. The molecule has 1 amide bonds. The Hall–Kier alpha value is -3.35. The van der Waals surface area contributed by atoms with Gasteiger partial charge in [0.05, 0.1) is 23.1 Å². The van der Waals surface area contributed by atoms with Gasteiger partial charge in [-0.05, 0) is 30.7 Å². The summed E-state index contributed by atoms with van der Waals surface area (Å²) in [4.78, 5) is 18.5. The molecule has 2 aromatic carbocycles. The highest BCUT2D eigenvalue weighted by atomic mass is 19.2. The Morgan fingerprint density at radius 3 is 2.50 bits per heavy atom. The highest BCUT2D eigenvalue weighted by Crippen LogP contribution is 2.24. The summed E-state index contributed by atoms with van der Waals surface area (Å²) in [7, 11) is 0. The molecule has 28 heavy (non-hydrogen) atoms. The smallest absolute Gasteiger partial charge is 0.255 e. The molecule has 0 spiro atoms. The predicted molar refractivity (Wildman–Crippen MR) is 101 cm³/mol. The fourth-order valence-corrected chi connectivity index (χ4v) is 2.72. The van der Waals surface area contributed by atoms with E-state index in [4.69, 9.17) is 0 Å². The van der Waals surface area contributed by atoms with Gasteiger partial charge in [-0.2, -0.15) is 0 Å². The van der Waals surface area contributed by atoms with E-state index in [1.54, 1.807) is 4.90 Å². The number of pyridine rings is 1. The number of aromatic nitrogens is 1. The molecule has 0 radical (unpaired) electrons. The monoisotopic (exact) mass is 385 g/mol. The van der Waals surface area contributed by atoms with Gasteiger partial charge >= 0.3 is 0 Å². The summed E-state index contributed by atoms with van der Waals surface area (Å²) in [5.41, 5.74) is 1.32. The lowest BCUT2D eigenvalue weighted by Crippen LogP contribution is -2.30. The van der Waals surface area contributed by atoms with Gasteiger partial charge in [-0.15, -0.1) is 0 Å². The first kappa shape index (κ1) is 19.4. The van der Waals surface area contributed by atoms with Gasteiger partial charge < -0.3 is 10.2 Å². The summed E-state index contributed by atoms with van der Waals surface area (Å²) in [6, 6.07) is 12.9. The molecule has 0 bridgehead atoms. The first-order chi connectivity index (χ1) is 13.5. The van der Waals surface area contributed by atoms with Gasteiger partial charge in [-0.25, -0.2) is 13.2 Å². The zero-order valence-electron chi connectivity index (χ0n) is 15.1. The molecule has 0 aliphatic rings. The first-order valence-electron chi connectivity index (χ1n) is 8.68. The minimum absolute atomic E-state index is 0.242. The van der Waals surface area contributed by atoms with E-state index in [1.807, 2.05) is 37.3 Å². The van der Waals surface area contributed by atoms with Crippen LogP contribution in [0.4, 0.5) is 24.5 Å². The Morgan fingerprint density at radius 1 is 1.04 bits per heavy atom. The molecule has 0 aliphatic heterocycles. The molecule has 0 fully saturated rings. The summed E-state index contributed by atoms with van der Waals surface area (Å²) in [6.07, 6.45) is 2.77. The Bertz CT molecular complexity index is 980. The first-order valence-corrected chi connectivity index (χ1v) is 8.68. The Kier molecular flexibility index (Phi) is 5.93. The molecule has 3 aromatic rings. The largest absolute Gasteiger partial charge is 0.352 e. The number of carbonyl (C=O) groups is 1. The third-order valence-corrected chi connectivity index (χ3v) is 4.18. The van der Waals surface area contributed by atoms with Crippen LogP contribution < -0.4 is 5.32 Å². The maximum atomic E-state index is 13.9. The number of anilines is 2. The predicted octanol–water partition coefficient (Wildman–Crippen LogP) is 4.90. The van der Waals surface area contributed by atoms with Crippen LogP contribution in [0.5, 0.6) is 0 Å². The molecule has 0 saturated carbocycles. The minimum atomic E-state index is -1.56. The molecule has 1 aromatic heterocycles. The van der Waals surface area contributed by atoms with Crippen molar-refractivity contribution in [2.75, 3.05) is 11.9 Å². The van der Waals surface area contributed by atoms with E-state index in [0.29, 0.717) is 18.7 Å². The van der Waals surface area contributed by atoms with Gasteiger partial charge in [0.25, 0.3) is 5.91 Å². The average Bonchev–Trinajstić information content (AvgIpc) is 2.73. The summed E-state index contributed by atoms with van der Waals surface area (Å²) >= 11 is 0. The van der Waals surface area contributed by atoms with Crippen LogP contribution in [0.1, 0.15) is 22.8 Å². The van der Waals surface area contributed by atoms with E-state index in [0.717, 1.165) is 17.7 Å². The van der Waals surface area contributed by atoms with Gasteiger partial charge in [0.15, 0.2) is 17.5 Å². The van der Waals surface area contributed by atoms with E-state index >= 15 is 0 Å². The van der Waals surface area contributed by atoms with Gasteiger partial charge in [-0.3, -0.25) is 9.78 Å². The van der Waals surface area contributed by atoms with E-state index in [1.165, 1.54) is 18.5 Å². The van der Waals surface area contributed by atoms with E-state index < -0.39 is 17.5 Å². The van der Waals surface area contributed by atoms with E-state index in [2.05, 4.69) is 10.3 Å². The lowest BCUT2D eigenvalue weighted by atomic mass is 10.1. The Balaban J connectivity index is 1.80. The highest BCUT2D eigenvalue weighted by Gasteiger charge is 2.17. The van der Waals surface area contributed by atoms with Crippen molar-refractivity contribution >= 4 is 17.3 Å². The number of hydrogen-bond acceptors (Lipinski definition) is 3. The van der Waals surface area contributed by atoms with Gasteiger partial charge in [-0.1, -0.05) is 30.3 Å². The standard InChI is InChI=1S/C21H18F3N3O/c1-2-27(13-14-6-4-3-5-7-14)21(28)15-10-16(12-25-11-15)26-18-9-8-17(22)19(23)20(18)24/h3-12,26H,2,13H2,1H3. The molecule has 7 heteroatoms. The van der Waals surface area contributed by atoms with Gasteiger partial charge in [0.1, 0.15) is 0 Å². The van der Waals surface area contributed by atoms with Crippen molar-refractivity contribution in [2.24, 2.45) is 0 Å². The van der Waals surface area contributed by atoms with Crippen LogP contribution in [-0.2, 0) is 6.54 Å². The number of rotatable bonds is 6. The number of nitrogens with zero attached hydrogens (tertiary/aromatic N) is 2. The lowest BCUT2D eigenvalue weighted by Gasteiger charge is -2.21. The second-order valence-corrected chi connectivity index (χ2v) is 6.12. The lowest BCUT2D eigenvalue weighted by molar-refractivity contribution is 0.0752. The molecule has 0 saturated heterocycles. The summed E-state index contributed by atoms with van der Waals surface area (Å²) in [5, 5.41) is 2.63. The summed E-state index contributed by atoms with van der Waals surface area (Å²) < 4.78 is 40.3. The zero-order chi connectivity index (χ0) is 20.1. The van der Waals surface area contributed by atoms with Crippen molar-refractivity contribution in [3.63, 3.8) is 0 Å². The minimum Gasteiger partial charge on any atom is -0.352 e. The zero-order valence-corrected chi connectivity index (χ0v) is 15.1. The second kappa shape index (κ2) is 8.56. The maximum Gasteiger partial charge on any atom is 0.255 e. The molecule has 144 valence electrons. The van der Waals surface area contributed by atoms with Crippen LogP contribution >= 0.6 is 0 Å². The van der Waals surface area contributed by atoms with Crippen LogP contribution in [0.25, 0.3) is 0 Å². The third-order valence-electron chi connectivity index (χ3n) is 4.18. The molecule has 4 nitrogen and oxygen atoms in total. The fraction of sp³-hybridized carbons (Fsp3) is 0.143. The molecule has 1 N–H and O–H groups in total. The molecule has 0 aliphatic carbocycles. The van der Waals surface area contributed by atoms with Gasteiger partial charge in [0, 0.05) is 19.3 Å². The molecule has 0 unspecified atom stereocenters. The fourth-order valence-electron chi connectivity index (χ4n) is 2.72. The van der Waals surface area contributed by atoms with Crippen molar-refractivity contribution < 1.29 is 18.0 Å². The van der Waals surface area contributed by atoms with Crippen molar-refractivity contribution in [2.45, 2.75) is 13.5 Å². The average molecular weight is 385 g/mol. The third kappa shape index (κ3) is 4.31. The van der Waals surface area contributed by atoms with E-state index in [9.17, 15) is 18.0 Å². The van der Waals surface area contributed by atoms with Crippen LogP contribution in [0.15, 0.2) is 60.9 Å². The highest BCUT2D eigenvalue weighted by molar-refractivity contribution is 5.94. The molecular formula is C21H18F3N3O.